The lowest BCUT2D eigenvalue weighted by atomic mass is 9.78. The number of aromatic nitrogens is 5. The molecule has 0 radical (unpaired) electrons. The summed E-state index contributed by atoms with van der Waals surface area (Å²) in [6, 6.07) is 16.5. The second kappa shape index (κ2) is 16.3. The van der Waals surface area contributed by atoms with E-state index in [1.165, 1.54) is 10.6 Å². The number of ketones is 1. The molecule has 1 unspecified atom stereocenters. The molecule has 9 rings (SSSR count). The van der Waals surface area contributed by atoms with E-state index in [0.29, 0.717) is 84.2 Å². The Morgan fingerprint density at radius 3 is 2.33 bits per heavy atom. The van der Waals surface area contributed by atoms with Crippen molar-refractivity contribution in [1.82, 2.24) is 24.3 Å². The first-order valence-corrected chi connectivity index (χ1v) is 21.9. The normalized spacial score (nSPS) is 19.0. The van der Waals surface area contributed by atoms with Gasteiger partial charge in [-0.15, -0.1) is 5.10 Å². The highest BCUT2D eigenvalue weighted by Crippen LogP contribution is 2.44. The molecule has 64 heavy (non-hydrogen) atoms. The van der Waals surface area contributed by atoms with Crippen molar-refractivity contribution in [3.05, 3.63) is 104 Å². The molecule has 0 amide bonds. The number of phenols is 3. The van der Waals surface area contributed by atoms with Gasteiger partial charge in [0.05, 0.1) is 46.2 Å². The number of nitrogens with zero attached hydrogens (tertiary/aromatic N) is 5. The zero-order valence-electron chi connectivity index (χ0n) is 36.1. The molecule has 0 bridgehead atoms. The number of phenolic OH excluding ortho intramolecular Hbond substituents is 3. The summed E-state index contributed by atoms with van der Waals surface area (Å²) in [5.41, 5.74) is 4.36. The number of fused-ring (bicyclic) bond motifs is 5. The van der Waals surface area contributed by atoms with Crippen molar-refractivity contribution in [2.24, 2.45) is 11.8 Å². The summed E-state index contributed by atoms with van der Waals surface area (Å²) in [4.78, 5) is 60.2. The second-order valence-electron chi connectivity index (χ2n) is 17.4. The molecule has 6 aromatic rings. The Morgan fingerprint density at radius 2 is 1.62 bits per heavy atom. The van der Waals surface area contributed by atoms with Gasteiger partial charge in [0.25, 0.3) is 5.56 Å². The minimum absolute atomic E-state index is 0.0385. The van der Waals surface area contributed by atoms with Gasteiger partial charge in [0.15, 0.2) is 5.82 Å². The Balaban J connectivity index is 0.864. The van der Waals surface area contributed by atoms with E-state index in [2.05, 4.69) is 10.2 Å². The van der Waals surface area contributed by atoms with Crippen molar-refractivity contribution in [3.8, 4) is 51.7 Å². The number of pyridine rings is 2. The first-order valence-electron chi connectivity index (χ1n) is 21.9. The van der Waals surface area contributed by atoms with E-state index in [1.54, 1.807) is 54.0 Å². The maximum Gasteiger partial charge on any atom is 0.355 e. The fraction of sp³-hybridized carbons (Fsp3) is 0.367. The molecule has 3 aromatic carbocycles. The van der Waals surface area contributed by atoms with E-state index in [1.807, 2.05) is 32.9 Å². The van der Waals surface area contributed by atoms with Crippen molar-refractivity contribution in [1.29, 1.82) is 0 Å². The number of hydrogen-bond donors (Lipinski definition) is 4. The molecule has 15 heteroatoms. The predicted molar refractivity (Wildman–Crippen MR) is 234 cm³/mol. The number of ether oxygens (including phenoxy) is 2. The predicted octanol–water partition coefficient (Wildman–Crippen LogP) is 7.39. The van der Waals surface area contributed by atoms with E-state index >= 15 is 0 Å². The Kier molecular flexibility index (Phi) is 10.7. The van der Waals surface area contributed by atoms with Gasteiger partial charge >= 0.3 is 17.9 Å². The summed E-state index contributed by atoms with van der Waals surface area (Å²) < 4.78 is 14.8. The average Bonchev–Trinajstić information content (AvgIpc) is 3.85. The molecule has 15 nitrogen and oxygen atoms in total. The summed E-state index contributed by atoms with van der Waals surface area (Å²) in [5.74, 6) is -1.98. The van der Waals surface area contributed by atoms with Crippen molar-refractivity contribution in [3.63, 3.8) is 0 Å². The molecule has 1 aliphatic carbocycles. The number of aromatic hydroxyl groups is 4. The molecular weight excluding hydrogens is 819 g/mol. The molecule has 0 spiro atoms. The molecule has 1 saturated carbocycles. The standard InChI is InChI=1S/C49H49N5O10/c1-5-31-33-19-30(55)16-17-38(33)50-43-35(31)23-53-39(43)21-37-36(45(53)59)24-63-47(61)49(37,6-2)64-46(60)28-12-10-27(11-13-28)40(56)18-9-26-7-14-29(15-8-26)54-44(51-52-48(54)62)34-20-32(25(3)4)41(57)22-42(34)58/h7-8,14-17,19-22,25,27-28,55,57-58H,5-6,9-13,18,23-24H2,1-4H3,(H,52,62). The van der Waals surface area contributed by atoms with E-state index in [9.17, 15) is 39.6 Å². The van der Waals surface area contributed by atoms with E-state index < -0.39 is 23.5 Å². The number of rotatable bonds is 11. The third-order valence-electron chi connectivity index (χ3n) is 13.4. The number of esters is 2. The number of aryl methyl sites for hydroxylation is 2. The maximum atomic E-state index is 14.1. The molecule has 4 N–H and O–H groups in total. The Bertz CT molecular complexity index is 2950. The Hall–Kier alpha value is -7.03. The third kappa shape index (κ3) is 7.03. The lowest BCUT2D eigenvalue weighted by molar-refractivity contribution is -0.192. The third-order valence-corrected chi connectivity index (χ3v) is 13.4. The highest BCUT2D eigenvalue weighted by Gasteiger charge is 2.51. The van der Waals surface area contributed by atoms with Gasteiger partial charge in [0, 0.05) is 34.9 Å². The number of hydrogen-bond acceptors (Lipinski definition) is 13. The SMILES string of the molecule is CCc1c2c(nc3ccc(O)cc13)-c1cc3c(c(=O)n1C2)COC(=O)C3(CC)OC(=O)C1CCC(C(=O)CCc2ccc(-n3c(O)nnc3-c3cc(C(C)C)c(O)cc3O)cc2)CC1. The van der Waals surface area contributed by atoms with Crippen molar-refractivity contribution >= 4 is 28.6 Å². The topological polar surface area (TPSA) is 216 Å². The largest absolute Gasteiger partial charge is 0.508 e. The van der Waals surface area contributed by atoms with Crippen molar-refractivity contribution < 1.29 is 44.3 Å². The van der Waals surface area contributed by atoms with Crippen LogP contribution in [-0.4, -0.2) is 62.5 Å². The van der Waals surface area contributed by atoms with Crippen LogP contribution in [0.4, 0.5) is 0 Å². The lowest BCUT2D eigenvalue weighted by Crippen LogP contribution is -2.48. The Morgan fingerprint density at radius 1 is 0.891 bits per heavy atom. The number of cyclic esters (lactones) is 1. The maximum absolute atomic E-state index is 14.1. The summed E-state index contributed by atoms with van der Waals surface area (Å²) in [6.45, 7) is 7.58. The summed E-state index contributed by atoms with van der Waals surface area (Å²) in [6.07, 6.45) is 3.22. The summed E-state index contributed by atoms with van der Waals surface area (Å²) in [7, 11) is 0. The van der Waals surface area contributed by atoms with Crippen molar-refractivity contribution in [2.75, 3.05) is 0 Å². The van der Waals surface area contributed by atoms with Crippen LogP contribution in [0.25, 0.3) is 39.4 Å². The first-order chi connectivity index (χ1) is 30.7. The van der Waals surface area contributed by atoms with Crippen LogP contribution >= 0.6 is 0 Å². The van der Waals surface area contributed by atoms with Gasteiger partial charge in [-0.2, -0.15) is 0 Å². The highest BCUT2D eigenvalue weighted by atomic mass is 16.6. The quantitative estimate of drug-likeness (QED) is 0.0934. The van der Waals surface area contributed by atoms with Gasteiger partial charge in [0.2, 0.25) is 5.60 Å². The van der Waals surface area contributed by atoms with Crippen LogP contribution in [0.1, 0.15) is 106 Å². The smallest absolute Gasteiger partial charge is 0.355 e. The number of benzene rings is 3. The van der Waals surface area contributed by atoms with Crippen LogP contribution in [0.5, 0.6) is 23.3 Å². The molecule has 3 aliphatic rings. The molecule has 2 aliphatic heterocycles. The monoisotopic (exact) mass is 867 g/mol. The molecule has 1 atom stereocenters. The van der Waals surface area contributed by atoms with Crippen LogP contribution in [-0.2, 0) is 55.5 Å². The van der Waals surface area contributed by atoms with Crippen LogP contribution < -0.4 is 5.56 Å². The first kappa shape index (κ1) is 42.3. The fourth-order valence-corrected chi connectivity index (χ4v) is 9.82. The van der Waals surface area contributed by atoms with Gasteiger partial charge in [-0.3, -0.25) is 14.4 Å². The zero-order valence-corrected chi connectivity index (χ0v) is 36.1. The van der Waals surface area contributed by atoms with Crippen LogP contribution in [0.15, 0.2) is 65.5 Å². The number of Topliss-reactive ketones (excluding diaryl/α,β-unsaturated/α-hetero) is 1. The Labute approximate surface area is 368 Å². The molecule has 5 heterocycles. The van der Waals surface area contributed by atoms with E-state index in [0.717, 1.165) is 22.1 Å². The number of carbonyl (C=O) groups excluding carboxylic acids is 3. The van der Waals surface area contributed by atoms with Gasteiger partial charge in [-0.05, 0) is 110 Å². The van der Waals surface area contributed by atoms with Gasteiger partial charge < -0.3 is 34.5 Å². The second-order valence-corrected chi connectivity index (χ2v) is 17.4. The minimum Gasteiger partial charge on any atom is -0.508 e. The molecule has 3 aromatic heterocycles. The van der Waals surface area contributed by atoms with Gasteiger partial charge in [-0.25, -0.2) is 14.3 Å². The molecule has 330 valence electrons. The van der Waals surface area contributed by atoms with Crippen molar-refractivity contribution in [2.45, 2.75) is 104 Å². The summed E-state index contributed by atoms with van der Waals surface area (Å²) >= 11 is 0. The summed E-state index contributed by atoms with van der Waals surface area (Å²) in [5, 5.41) is 50.6. The van der Waals surface area contributed by atoms with Gasteiger partial charge in [0.1, 0.15) is 29.6 Å². The minimum atomic E-state index is -1.83. The van der Waals surface area contributed by atoms with Crippen LogP contribution in [0.2, 0.25) is 0 Å². The molecule has 0 saturated heterocycles. The zero-order chi connectivity index (χ0) is 45.2. The van der Waals surface area contributed by atoms with Crippen LogP contribution in [0.3, 0.4) is 0 Å². The lowest BCUT2D eigenvalue weighted by Gasteiger charge is -2.37. The van der Waals surface area contributed by atoms with E-state index in [-0.39, 0.29) is 77.4 Å². The van der Waals surface area contributed by atoms with Gasteiger partial charge in [-0.1, -0.05) is 44.9 Å². The van der Waals surface area contributed by atoms with Crippen LogP contribution in [0, 0.1) is 11.8 Å². The highest BCUT2D eigenvalue weighted by molar-refractivity contribution is 5.91. The molecular formula is C49H49N5O10. The number of carbonyl (C=O) groups is 3. The average molecular weight is 868 g/mol. The van der Waals surface area contributed by atoms with E-state index in [4.69, 9.17) is 14.5 Å². The fourth-order valence-electron chi connectivity index (χ4n) is 9.82. The molecule has 1 fully saturated rings.